The van der Waals surface area contributed by atoms with Gasteiger partial charge >= 0.3 is 0 Å². The predicted octanol–water partition coefficient (Wildman–Crippen LogP) is 7.59. The Kier molecular flexibility index (Phi) is 5.07. The van der Waals surface area contributed by atoms with E-state index in [1.54, 1.807) is 24.3 Å². The first-order chi connectivity index (χ1) is 13.1. The Morgan fingerprint density at radius 2 is 1.15 bits per heavy atom. The Bertz CT molecular complexity index is 905. The third kappa shape index (κ3) is 3.66. The van der Waals surface area contributed by atoms with Crippen molar-refractivity contribution < 1.29 is 8.78 Å². The molecule has 1 aliphatic carbocycles. The number of halogens is 2. The SMILES string of the molecule is CC1CCC(c2ccc(-c3ccc(-c4ccccc4)c(F)c3F)cc2)CC1. The summed E-state index contributed by atoms with van der Waals surface area (Å²) in [6.07, 6.45) is 4.98. The van der Waals surface area contributed by atoms with Crippen molar-refractivity contribution >= 4 is 0 Å². The van der Waals surface area contributed by atoms with E-state index < -0.39 is 11.6 Å². The minimum Gasteiger partial charge on any atom is -0.203 e. The number of hydrogen-bond acceptors (Lipinski definition) is 0. The molecule has 0 bridgehead atoms. The van der Waals surface area contributed by atoms with Crippen molar-refractivity contribution in [2.45, 2.75) is 38.5 Å². The zero-order valence-corrected chi connectivity index (χ0v) is 15.6. The maximum absolute atomic E-state index is 14.8. The van der Waals surface area contributed by atoms with Gasteiger partial charge in [0, 0.05) is 11.1 Å². The van der Waals surface area contributed by atoms with E-state index in [1.165, 1.54) is 31.2 Å². The van der Waals surface area contributed by atoms with Gasteiger partial charge in [0.2, 0.25) is 0 Å². The summed E-state index contributed by atoms with van der Waals surface area (Å²) < 4.78 is 29.4. The van der Waals surface area contributed by atoms with Gasteiger partial charge in [-0.25, -0.2) is 8.78 Å². The van der Waals surface area contributed by atoms with Crippen molar-refractivity contribution in [1.29, 1.82) is 0 Å². The largest absolute Gasteiger partial charge is 0.203 e. The summed E-state index contributed by atoms with van der Waals surface area (Å²) >= 11 is 0. The van der Waals surface area contributed by atoms with Gasteiger partial charge in [0.1, 0.15) is 0 Å². The Hall–Kier alpha value is -2.48. The van der Waals surface area contributed by atoms with Gasteiger partial charge in [0.15, 0.2) is 11.6 Å². The van der Waals surface area contributed by atoms with Crippen LogP contribution in [0.2, 0.25) is 0 Å². The van der Waals surface area contributed by atoms with Crippen LogP contribution < -0.4 is 0 Å². The van der Waals surface area contributed by atoms with Gasteiger partial charge in [0.05, 0.1) is 0 Å². The molecule has 1 aliphatic rings. The van der Waals surface area contributed by atoms with Gasteiger partial charge in [-0.2, -0.15) is 0 Å². The molecule has 138 valence electrons. The molecule has 0 spiro atoms. The highest BCUT2D eigenvalue weighted by atomic mass is 19.2. The summed E-state index contributed by atoms with van der Waals surface area (Å²) in [5, 5.41) is 0. The van der Waals surface area contributed by atoms with Crippen LogP contribution in [0, 0.1) is 17.6 Å². The van der Waals surface area contributed by atoms with E-state index >= 15 is 0 Å². The first kappa shape index (κ1) is 17.9. The van der Waals surface area contributed by atoms with Crippen LogP contribution in [0.3, 0.4) is 0 Å². The van der Waals surface area contributed by atoms with Crippen LogP contribution in [0.4, 0.5) is 8.78 Å². The zero-order valence-electron chi connectivity index (χ0n) is 15.6. The van der Waals surface area contributed by atoms with E-state index in [-0.39, 0.29) is 0 Å². The normalized spacial score (nSPS) is 19.8. The lowest BCUT2D eigenvalue weighted by atomic mass is 9.79. The molecule has 3 aromatic carbocycles. The molecule has 2 heteroatoms. The van der Waals surface area contributed by atoms with Crippen molar-refractivity contribution in [3.8, 4) is 22.3 Å². The minimum atomic E-state index is -0.788. The molecule has 0 amide bonds. The maximum Gasteiger partial charge on any atom is 0.167 e. The molecule has 0 nitrogen and oxygen atoms in total. The van der Waals surface area contributed by atoms with Gasteiger partial charge < -0.3 is 0 Å². The quantitative estimate of drug-likeness (QED) is 0.450. The second-order valence-corrected chi connectivity index (χ2v) is 7.73. The van der Waals surface area contributed by atoms with E-state index in [0.29, 0.717) is 22.6 Å². The third-order valence-corrected chi connectivity index (χ3v) is 5.88. The lowest BCUT2D eigenvalue weighted by Gasteiger charge is -2.26. The van der Waals surface area contributed by atoms with Crippen molar-refractivity contribution in [2.75, 3.05) is 0 Å². The summed E-state index contributed by atoms with van der Waals surface area (Å²) in [7, 11) is 0. The Labute approximate surface area is 159 Å². The molecular weight excluding hydrogens is 338 g/mol. The van der Waals surface area contributed by atoms with Crippen molar-refractivity contribution in [2.24, 2.45) is 5.92 Å². The number of hydrogen-bond donors (Lipinski definition) is 0. The van der Waals surface area contributed by atoms with Gasteiger partial charge in [-0.05, 0) is 41.4 Å². The highest BCUT2D eigenvalue weighted by molar-refractivity contribution is 5.71. The summed E-state index contributed by atoms with van der Waals surface area (Å²) in [6, 6.07) is 20.4. The third-order valence-electron chi connectivity index (χ3n) is 5.88. The van der Waals surface area contributed by atoms with Crippen LogP contribution in [-0.4, -0.2) is 0 Å². The van der Waals surface area contributed by atoms with Crippen LogP contribution in [0.25, 0.3) is 22.3 Å². The fraction of sp³-hybridized carbons (Fsp3) is 0.280. The molecule has 4 rings (SSSR count). The molecule has 0 aromatic heterocycles. The fourth-order valence-corrected chi connectivity index (χ4v) is 4.14. The molecule has 0 atom stereocenters. The number of rotatable bonds is 3. The first-order valence-electron chi connectivity index (χ1n) is 9.77. The van der Waals surface area contributed by atoms with Gasteiger partial charge in [-0.15, -0.1) is 0 Å². The van der Waals surface area contributed by atoms with E-state index in [2.05, 4.69) is 19.1 Å². The highest BCUT2D eigenvalue weighted by Crippen LogP contribution is 2.37. The second-order valence-electron chi connectivity index (χ2n) is 7.73. The number of benzene rings is 3. The average Bonchev–Trinajstić information content (AvgIpc) is 2.71. The van der Waals surface area contributed by atoms with E-state index in [1.807, 2.05) is 30.3 Å². The first-order valence-corrected chi connectivity index (χ1v) is 9.77. The Morgan fingerprint density at radius 1 is 0.630 bits per heavy atom. The van der Waals surface area contributed by atoms with Crippen LogP contribution in [0.1, 0.15) is 44.1 Å². The summed E-state index contributed by atoms with van der Waals surface area (Å²) in [5.74, 6) is -0.155. The maximum atomic E-state index is 14.8. The fourth-order valence-electron chi connectivity index (χ4n) is 4.14. The molecule has 0 N–H and O–H groups in total. The molecule has 1 fully saturated rings. The smallest absolute Gasteiger partial charge is 0.167 e. The molecule has 1 saturated carbocycles. The monoisotopic (exact) mass is 362 g/mol. The van der Waals surface area contributed by atoms with Crippen LogP contribution in [0.5, 0.6) is 0 Å². The molecule has 0 unspecified atom stereocenters. The Balaban J connectivity index is 1.61. The molecule has 0 saturated heterocycles. The van der Waals surface area contributed by atoms with E-state index in [0.717, 1.165) is 11.5 Å². The molecule has 27 heavy (non-hydrogen) atoms. The van der Waals surface area contributed by atoms with Crippen molar-refractivity contribution in [3.05, 3.63) is 83.9 Å². The Morgan fingerprint density at radius 3 is 1.70 bits per heavy atom. The molecular formula is C25H24F2. The van der Waals surface area contributed by atoms with Crippen LogP contribution in [0.15, 0.2) is 66.7 Å². The van der Waals surface area contributed by atoms with Crippen LogP contribution in [-0.2, 0) is 0 Å². The summed E-state index contributed by atoms with van der Waals surface area (Å²) in [4.78, 5) is 0. The van der Waals surface area contributed by atoms with Gasteiger partial charge in [-0.1, -0.05) is 86.5 Å². The topological polar surface area (TPSA) is 0 Å². The zero-order chi connectivity index (χ0) is 18.8. The van der Waals surface area contributed by atoms with E-state index in [4.69, 9.17) is 0 Å². The second kappa shape index (κ2) is 7.64. The lowest BCUT2D eigenvalue weighted by molar-refractivity contribution is 0.348. The standard InChI is InChI=1S/C25H24F2/c1-17-7-9-18(10-8-17)19-11-13-21(14-12-19)23-16-15-22(24(26)25(23)27)20-5-3-2-4-6-20/h2-6,11-18H,7-10H2,1H3. The summed E-state index contributed by atoms with van der Waals surface area (Å²) in [5.41, 5.74) is 3.33. The molecule has 0 radical (unpaired) electrons. The molecule has 0 heterocycles. The minimum absolute atomic E-state index is 0.296. The predicted molar refractivity (Wildman–Crippen MR) is 108 cm³/mol. The molecule has 3 aromatic rings. The van der Waals surface area contributed by atoms with Gasteiger partial charge in [0.25, 0.3) is 0 Å². The van der Waals surface area contributed by atoms with Crippen LogP contribution >= 0.6 is 0 Å². The molecule has 0 aliphatic heterocycles. The average molecular weight is 362 g/mol. The lowest BCUT2D eigenvalue weighted by Crippen LogP contribution is -2.10. The summed E-state index contributed by atoms with van der Waals surface area (Å²) in [6.45, 7) is 2.32. The van der Waals surface area contributed by atoms with E-state index in [9.17, 15) is 8.78 Å². The van der Waals surface area contributed by atoms with Crippen molar-refractivity contribution in [1.82, 2.24) is 0 Å². The van der Waals surface area contributed by atoms with Gasteiger partial charge in [-0.3, -0.25) is 0 Å². The highest BCUT2D eigenvalue weighted by Gasteiger charge is 2.20. The van der Waals surface area contributed by atoms with Crippen molar-refractivity contribution in [3.63, 3.8) is 0 Å².